The van der Waals surface area contributed by atoms with E-state index >= 15 is 4.39 Å². The van der Waals surface area contributed by atoms with Gasteiger partial charge in [-0.1, -0.05) is 18.2 Å². The molecule has 2 saturated heterocycles. The molecule has 2 aromatic heterocycles. The molecule has 4 heterocycles. The van der Waals surface area contributed by atoms with E-state index in [4.69, 9.17) is 14.2 Å². The van der Waals surface area contributed by atoms with E-state index in [-0.39, 0.29) is 6.61 Å². The third-order valence-electron chi connectivity index (χ3n) is 7.47. The second kappa shape index (κ2) is 9.91. The van der Waals surface area contributed by atoms with Crippen LogP contribution in [-0.2, 0) is 19.0 Å². The predicted octanol–water partition coefficient (Wildman–Crippen LogP) is 2.38. The number of benzene rings is 1. The van der Waals surface area contributed by atoms with E-state index in [1.54, 1.807) is 30.3 Å². The number of rotatable bonds is 6. The predicted molar refractivity (Wildman–Crippen MR) is 135 cm³/mol. The summed E-state index contributed by atoms with van der Waals surface area (Å²) in [6, 6.07) is 8.42. The smallest absolute Gasteiger partial charge is 0.338 e. The van der Waals surface area contributed by atoms with Crippen LogP contribution >= 0.6 is 0 Å². The first-order valence-corrected chi connectivity index (χ1v) is 12.5. The van der Waals surface area contributed by atoms with Gasteiger partial charge in [-0.15, -0.1) is 0 Å². The van der Waals surface area contributed by atoms with Crippen molar-refractivity contribution in [2.24, 2.45) is 0 Å². The highest BCUT2D eigenvalue weighted by Crippen LogP contribution is 2.51. The Hall–Kier alpha value is -3.64. The lowest BCUT2D eigenvalue weighted by atomic mass is 9.84. The summed E-state index contributed by atoms with van der Waals surface area (Å²) in [5, 5.41) is 0. The number of imidazole rings is 1. The highest BCUT2D eigenvalue weighted by Gasteiger charge is 2.66. The van der Waals surface area contributed by atoms with Gasteiger partial charge in [0.15, 0.2) is 34.5 Å². The molecule has 0 radical (unpaired) electrons. The van der Waals surface area contributed by atoms with Gasteiger partial charge in [0, 0.05) is 33.1 Å². The van der Waals surface area contributed by atoms with E-state index in [0.717, 1.165) is 26.2 Å². The van der Waals surface area contributed by atoms with Gasteiger partial charge in [-0.05, 0) is 33.0 Å². The summed E-state index contributed by atoms with van der Waals surface area (Å²) in [6.45, 7) is 6.92. The molecule has 4 atom stereocenters. The summed E-state index contributed by atoms with van der Waals surface area (Å²) in [7, 11) is 2.06. The maximum atomic E-state index is 16.7. The van der Waals surface area contributed by atoms with Crippen LogP contribution in [0.4, 0.5) is 10.2 Å². The fraction of sp³-hybridized carbons (Fsp3) is 0.500. The fourth-order valence-electron chi connectivity index (χ4n) is 5.03. The monoisotopic (exact) mass is 526 g/mol. The Morgan fingerprint density at radius 1 is 1.11 bits per heavy atom. The second-order valence-electron chi connectivity index (χ2n) is 10.0. The number of aromatic nitrogens is 4. The Morgan fingerprint density at radius 2 is 1.82 bits per heavy atom. The number of alkyl halides is 1. The van der Waals surface area contributed by atoms with Gasteiger partial charge in [0.25, 0.3) is 0 Å². The van der Waals surface area contributed by atoms with Crippen LogP contribution in [-0.4, -0.2) is 93.6 Å². The number of carbonyl (C=O) groups excluding carboxylic acids is 2. The molecule has 38 heavy (non-hydrogen) atoms. The second-order valence-corrected chi connectivity index (χ2v) is 10.0. The lowest BCUT2D eigenvalue weighted by molar-refractivity contribution is -0.175. The topological polar surface area (TPSA) is 112 Å². The minimum absolute atomic E-state index is 0.332. The number of fused-ring (bicyclic) bond motifs is 1. The average molecular weight is 527 g/mol. The average Bonchev–Trinajstić information content (AvgIpc) is 3.40. The first-order chi connectivity index (χ1) is 18.1. The summed E-state index contributed by atoms with van der Waals surface area (Å²) in [6.07, 6.45) is 0.500. The van der Waals surface area contributed by atoms with Gasteiger partial charge in [0.05, 0.1) is 11.9 Å². The third kappa shape index (κ3) is 4.47. The molecule has 0 unspecified atom stereocenters. The number of anilines is 1. The van der Waals surface area contributed by atoms with E-state index in [1.807, 2.05) is 0 Å². The third-order valence-corrected chi connectivity index (χ3v) is 7.47. The van der Waals surface area contributed by atoms with Crippen LogP contribution in [0, 0.1) is 0 Å². The van der Waals surface area contributed by atoms with Crippen molar-refractivity contribution in [3.8, 4) is 0 Å². The number of carbonyl (C=O) groups is 2. The molecule has 2 aliphatic rings. The van der Waals surface area contributed by atoms with Crippen LogP contribution in [0.15, 0.2) is 43.0 Å². The van der Waals surface area contributed by atoms with E-state index in [0.29, 0.717) is 22.5 Å². The van der Waals surface area contributed by atoms with Gasteiger partial charge < -0.3 is 24.0 Å². The largest absolute Gasteiger partial charge is 0.459 e. The first kappa shape index (κ1) is 26.0. The Morgan fingerprint density at radius 3 is 2.50 bits per heavy atom. The molecular weight excluding hydrogens is 495 g/mol. The normalized spacial score (nSPS) is 28.0. The summed E-state index contributed by atoms with van der Waals surface area (Å²) in [5.41, 5.74) is -2.77. The maximum absolute atomic E-state index is 16.7. The van der Waals surface area contributed by atoms with Crippen molar-refractivity contribution in [1.29, 1.82) is 0 Å². The van der Waals surface area contributed by atoms with Crippen molar-refractivity contribution in [2.75, 3.05) is 44.7 Å². The zero-order valence-electron chi connectivity index (χ0n) is 21.8. The van der Waals surface area contributed by atoms with Crippen LogP contribution in [0.2, 0.25) is 0 Å². The van der Waals surface area contributed by atoms with Crippen molar-refractivity contribution in [3.05, 3.63) is 48.5 Å². The van der Waals surface area contributed by atoms with Crippen LogP contribution in [0.1, 0.15) is 37.4 Å². The Labute approximate surface area is 219 Å². The van der Waals surface area contributed by atoms with Crippen LogP contribution < -0.4 is 4.90 Å². The minimum Gasteiger partial charge on any atom is -0.459 e. The highest BCUT2D eigenvalue weighted by atomic mass is 19.1. The Kier molecular flexibility index (Phi) is 6.78. The highest BCUT2D eigenvalue weighted by molar-refractivity contribution is 5.89. The number of likely N-dealkylation sites (N-methyl/N-ethyl adjacent to an activating group) is 1. The molecule has 0 spiro atoms. The van der Waals surface area contributed by atoms with E-state index in [1.165, 1.54) is 38.0 Å². The summed E-state index contributed by atoms with van der Waals surface area (Å²) in [5.74, 6) is -0.618. The van der Waals surface area contributed by atoms with Gasteiger partial charge in [0.1, 0.15) is 19.0 Å². The van der Waals surface area contributed by atoms with Crippen molar-refractivity contribution in [3.63, 3.8) is 0 Å². The number of esters is 2. The van der Waals surface area contributed by atoms with E-state index in [9.17, 15) is 9.59 Å². The summed E-state index contributed by atoms with van der Waals surface area (Å²) in [4.78, 5) is 42.3. The summed E-state index contributed by atoms with van der Waals surface area (Å²) >= 11 is 0. The molecule has 12 heteroatoms. The molecule has 2 aliphatic heterocycles. The number of hydrogen-bond donors (Lipinski definition) is 0. The standard InChI is InChI=1S/C26H31FN6O5/c1-17(34)38-26(3)19(14-36-23(35)18-8-6-5-7-9-18)37-24(25(26,2)27)33-16-30-20-21(28-15-29-22(20)33)32-12-10-31(4)11-13-32/h5-9,15-16,19,24H,10-14H2,1-4H3/t19-,24-,25+,26+/m1/s1. The zero-order chi connectivity index (χ0) is 27.1. The lowest BCUT2D eigenvalue weighted by Crippen LogP contribution is -2.55. The zero-order valence-corrected chi connectivity index (χ0v) is 21.8. The molecule has 0 saturated carbocycles. The molecule has 202 valence electrons. The van der Waals surface area contributed by atoms with Crippen LogP contribution in [0.25, 0.3) is 11.2 Å². The number of piperazine rings is 1. The molecular formula is C26H31FN6O5. The van der Waals surface area contributed by atoms with E-state index < -0.39 is 35.5 Å². The number of hydrogen-bond acceptors (Lipinski definition) is 10. The van der Waals surface area contributed by atoms with Crippen molar-refractivity contribution in [2.45, 2.75) is 44.4 Å². The van der Waals surface area contributed by atoms with Crippen LogP contribution in [0.5, 0.6) is 0 Å². The van der Waals surface area contributed by atoms with Gasteiger partial charge in [-0.2, -0.15) is 0 Å². The molecule has 0 amide bonds. The quantitative estimate of drug-likeness (QED) is 0.444. The molecule has 0 bridgehead atoms. The molecule has 2 fully saturated rings. The molecule has 3 aromatic rings. The summed E-state index contributed by atoms with van der Waals surface area (Å²) < 4.78 is 35.3. The van der Waals surface area contributed by atoms with Gasteiger partial charge in [-0.25, -0.2) is 24.1 Å². The Bertz CT molecular complexity index is 1330. The Balaban J connectivity index is 1.46. The van der Waals surface area contributed by atoms with Crippen molar-refractivity contribution >= 4 is 28.9 Å². The number of nitrogens with zero attached hydrogens (tertiary/aromatic N) is 6. The molecule has 11 nitrogen and oxygen atoms in total. The van der Waals surface area contributed by atoms with E-state index in [2.05, 4.69) is 31.8 Å². The van der Waals surface area contributed by atoms with Crippen molar-refractivity contribution < 1.29 is 28.2 Å². The maximum Gasteiger partial charge on any atom is 0.338 e. The van der Waals surface area contributed by atoms with Gasteiger partial charge >= 0.3 is 11.9 Å². The SMILES string of the molecule is CC(=O)O[C@@]1(C)[C@@H](COC(=O)c2ccccc2)O[C@@H](n2cnc3c(N4CCN(C)CC4)ncnc32)[C@]1(C)F. The minimum atomic E-state index is -2.24. The van der Waals surface area contributed by atoms with Gasteiger partial charge in [0.2, 0.25) is 0 Å². The molecule has 5 rings (SSSR count). The molecule has 0 aliphatic carbocycles. The van der Waals surface area contributed by atoms with Crippen LogP contribution in [0.3, 0.4) is 0 Å². The first-order valence-electron chi connectivity index (χ1n) is 12.5. The van der Waals surface area contributed by atoms with Crippen molar-refractivity contribution in [1.82, 2.24) is 24.4 Å². The fourth-order valence-corrected chi connectivity index (χ4v) is 5.03. The lowest BCUT2D eigenvalue weighted by Gasteiger charge is -2.36. The molecule has 1 aromatic carbocycles. The van der Waals surface area contributed by atoms with Gasteiger partial charge in [-0.3, -0.25) is 9.36 Å². The number of halogens is 1. The number of ether oxygens (including phenoxy) is 3. The molecule has 0 N–H and O–H groups in total.